The molecular weight excluding hydrogens is 1150 g/mol. The lowest BCUT2D eigenvalue weighted by molar-refractivity contribution is 0.103. The molecule has 0 amide bonds. The Labute approximate surface area is 574 Å². The molecule has 0 fully saturated rings. The number of aryl methyl sites for hydroxylation is 2. The van der Waals surface area contributed by atoms with Crippen molar-refractivity contribution in [3.05, 3.63) is 226 Å². The predicted octanol–water partition coefficient (Wildman–Crippen LogP) is 27.4. The van der Waals surface area contributed by atoms with Gasteiger partial charge in [0.05, 0.1) is 11.7 Å². The molecule has 7 aromatic carbocycles. The number of unbranched alkanes of at least 4 members (excludes halogenated alkanes) is 20. The molecule has 0 radical (unpaired) electrons. The van der Waals surface area contributed by atoms with Crippen molar-refractivity contribution in [3.8, 4) is 55.6 Å². The second kappa shape index (κ2) is 33.1. The van der Waals surface area contributed by atoms with E-state index in [0.717, 1.165) is 36.0 Å². The van der Waals surface area contributed by atoms with Crippen LogP contribution in [0.3, 0.4) is 0 Å². The molecule has 1 N–H and O–H groups in total. The number of carbonyl (C=O) groups excluding carboxylic acids is 1. The molecule has 0 saturated heterocycles. The average Bonchev–Trinajstić information content (AvgIpc) is 1.57. The van der Waals surface area contributed by atoms with E-state index in [1.165, 1.54) is 256 Å². The summed E-state index contributed by atoms with van der Waals surface area (Å²) in [5.41, 5.74) is 26.4. The minimum atomic E-state index is -0.159. The van der Waals surface area contributed by atoms with Crippen molar-refractivity contribution < 1.29 is 4.79 Å². The maximum absolute atomic E-state index is 15.0. The van der Waals surface area contributed by atoms with E-state index in [1.807, 2.05) is 18.3 Å². The zero-order valence-electron chi connectivity index (χ0n) is 59.8. The van der Waals surface area contributed by atoms with Gasteiger partial charge >= 0.3 is 0 Å². The van der Waals surface area contributed by atoms with Crippen LogP contribution in [0.2, 0.25) is 0 Å². The van der Waals surface area contributed by atoms with E-state index in [1.54, 1.807) is 5.56 Å². The Kier molecular flexibility index (Phi) is 24.1. The summed E-state index contributed by atoms with van der Waals surface area (Å²) < 4.78 is 0. The molecule has 0 aliphatic heterocycles. The standard InChI is InChI=1S/C92H114N2O/c1-9-13-17-21-25-29-55-91(56-30-26-22-18-14-10-2)85-60-69(8)37-51-81(85)82-53-43-73(65-87(82)91)75-61-76(63-77(62-75)90(95)89-34-33-59-93-89)74-44-54-84-83-52-42-72(64-86(83)92(88(84)66-74,57-31-27-23-19-15-11-3)58-32-28-24-20-16-12-4)71-40-49-80(50-41-71)94(78-45-35-68(7)36-46-78)79-47-38-70(39-48-79)67(5)6/h33-47,49-54,59-67,79,93H,9-32,48,55-58H2,1-8H3. The van der Waals surface area contributed by atoms with Gasteiger partial charge in [0, 0.05) is 34.0 Å². The number of ketones is 1. The summed E-state index contributed by atoms with van der Waals surface area (Å²) in [6.45, 7) is 18.4. The minimum Gasteiger partial charge on any atom is -0.359 e. The fraction of sp³-hybridized carbons (Fsp3) is 0.446. The highest BCUT2D eigenvalue weighted by atomic mass is 16.1. The number of hydrogen-bond acceptors (Lipinski definition) is 2. The lowest BCUT2D eigenvalue weighted by Gasteiger charge is -2.34. The van der Waals surface area contributed by atoms with E-state index in [0.29, 0.717) is 11.6 Å². The van der Waals surface area contributed by atoms with Crippen molar-refractivity contribution >= 4 is 17.2 Å². The number of aromatic nitrogens is 1. The van der Waals surface area contributed by atoms with Gasteiger partial charge in [-0.25, -0.2) is 0 Å². The van der Waals surface area contributed by atoms with Crippen LogP contribution < -0.4 is 4.90 Å². The Bertz CT molecular complexity index is 3820. The fourth-order valence-corrected chi connectivity index (χ4v) is 16.8. The van der Waals surface area contributed by atoms with E-state index in [-0.39, 0.29) is 22.7 Å². The van der Waals surface area contributed by atoms with E-state index in [4.69, 9.17) is 0 Å². The molecule has 3 heteroatoms. The van der Waals surface area contributed by atoms with Gasteiger partial charge < -0.3 is 9.88 Å². The third kappa shape index (κ3) is 15.9. The number of H-pyrrole nitrogens is 1. The van der Waals surface area contributed by atoms with E-state index in [2.05, 4.69) is 223 Å². The molecule has 1 atom stereocenters. The molecule has 3 nitrogen and oxygen atoms in total. The number of nitrogens with zero attached hydrogens (tertiary/aromatic N) is 1. The first-order valence-electron chi connectivity index (χ1n) is 38.2. The van der Waals surface area contributed by atoms with Crippen LogP contribution >= 0.6 is 0 Å². The van der Waals surface area contributed by atoms with Crippen molar-refractivity contribution in [2.45, 2.75) is 258 Å². The highest BCUT2D eigenvalue weighted by molar-refractivity contribution is 6.09. The average molecular weight is 1260 g/mol. The number of carbonyl (C=O) groups is 1. The molecule has 95 heavy (non-hydrogen) atoms. The van der Waals surface area contributed by atoms with Gasteiger partial charge in [-0.05, 0) is 208 Å². The van der Waals surface area contributed by atoms with Gasteiger partial charge in [0.2, 0.25) is 5.78 Å². The highest BCUT2D eigenvalue weighted by Crippen LogP contribution is 2.58. The number of nitrogens with one attached hydrogen (secondary N) is 1. The maximum Gasteiger partial charge on any atom is 0.209 e. The minimum absolute atomic E-state index is 0.0308. The van der Waals surface area contributed by atoms with Crippen LogP contribution in [0.5, 0.6) is 0 Å². The Morgan fingerprint density at radius 2 is 0.821 bits per heavy atom. The first-order chi connectivity index (χ1) is 46.5. The van der Waals surface area contributed by atoms with Gasteiger partial charge in [0.1, 0.15) is 0 Å². The van der Waals surface area contributed by atoms with Gasteiger partial charge in [0.15, 0.2) is 0 Å². The molecule has 0 spiro atoms. The molecule has 8 aromatic rings. The quantitative estimate of drug-likeness (QED) is 0.0311. The van der Waals surface area contributed by atoms with Crippen LogP contribution in [-0.4, -0.2) is 16.8 Å². The first-order valence-corrected chi connectivity index (χ1v) is 38.2. The Morgan fingerprint density at radius 3 is 1.23 bits per heavy atom. The van der Waals surface area contributed by atoms with Crippen LogP contribution in [0.1, 0.15) is 277 Å². The smallest absolute Gasteiger partial charge is 0.209 e. The summed E-state index contributed by atoms with van der Waals surface area (Å²) >= 11 is 0. The summed E-state index contributed by atoms with van der Waals surface area (Å²) in [6, 6.07) is 59.2. The molecule has 11 rings (SSSR count). The second-order valence-corrected chi connectivity index (χ2v) is 29.6. The van der Waals surface area contributed by atoms with Crippen molar-refractivity contribution in [2.24, 2.45) is 5.92 Å². The molecule has 0 saturated carbocycles. The monoisotopic (exact) mass is 1260 g/mol. The van der Waals surface area contributed by atoms with Crippen LogP contribution in [0.15, 0.2) is 182 Å². The third-order valence-electron chi connectivity index (χ3n) is 22.3. The van der Waals surface area contributed by atoms with Gasteiger partial charge in [-0.2, -0.15) is 0 Å². The van der Waals surface area contributed by atoms with Crippen molar-refractivity contribution in [2.75, 3.05) is 4.90 Å². The van der Waals surface area contributed by atoms with Crippen LogP contribution in [0, 0.1) is 19.8 Å². The number of aromatic amines is 1. The van der Waals surface area contributed by atoms with Crippen molar-refractivity contribution in [3.63, 3.8) is 0 Å². The fourth-order valence-electron chi connectivity index (χ4n) is 16.8. The normalized spacial score (nSPS) is 14.8. The Morgan fingerprint density at radius 1 is 0.432 bits per heavy atom. The summed E-state index contributed by atoms with van der Waals surface area (Å²) in [5.74, 6) is 0.545. The molecular formula is C92H114N2O. The molecule has 498 valence electrons. The number of fused-ring (bicyclic) bond motifs is 6. The first kappa shape index (κ1) is 69.1. The van der Waals surface area contributed by atoms with E-state index < -0.39 is 0 Å². The summed E-state index contributed by atoms with van der Waals surface area (Å²) in [7, 11) is 0. The molecule has 1 aromatic heterocycles. The molecule has 3 aliphatic rings. The maximum atomic E-state index is 15.0. The van der Waals surface area contributed by atoms with Gasteiger partial charge in [-0.1, -0.05) is 304 Å². The van der Waals surface area contributed by atoms with Crippen LogP contribution in [0.25, 0.3) is 55.6 Å². The van der Waals surface area contributed by atoms with E-state index in [9.17, 15) is 4.79 Å². The third-order valence-corrected chi connectivity index (χ3v) is 22.3. The predicted molar refractivity (Wildman–Crippen MR) is 410 cm³/mol. The summed E-state index contributed by atoms with van der Waals surface area (Å²) in [4.78, 5) is 20.8. The highest BCUT2D eigenvalue weighted by Gasteiger charge is 2.44. The summed E-state index contributed by atoms with van der Waals surface area (Å²) in [6.07, 6.45) is 45.4. The number of benzene rings is 7. The lowest BCUT2D eigenvalue weighted by Crippen LogP contribution is -2.30. The Hall–Kier alpha value is -7.23. The van der Waals surface area contributed by atoms with Gasteiger partial charge in [-0.15, -0.1) is 0 Å². The zero-order chi connectivity index (χ0) is 66.2. The van der Waals surface area contributed by atoms with Gasteiger partial charge in [-0.3, -0.25) is 4.79 Å². The zero-order valence-corrected chi connectivity index (χ0v) is 59.8. The number of anilines is 2. The topological polar surface area (TPSA) is 36.1 Å². The SMILES string of the molecule is CCCCCCCCC1(CCCCCCCC)c2cc(C)ccc2-c2ccc(-c3cc(C(=O)c4ccc[nH]4)cc(-c4ccc5c(c4)C(CCCCCCCC)(CCCCCCCC)c4cc(-c6ccc(N(c7ccc(C)cc7)C7C=CC(C(C)C)=CC7)cc6)ccc4-5)c3)cc21. The van der Waals surface area contributed by atoms with E-state index >= 15 is 0 Å². The molecule has 0 bridgehead atoms. The molecule has 1 heterocycles. The van der Waals surface area contributed by atoms with Crippen LogP contribution in [0.4, 0.5) is 11.4 Å². The largest absolute Gasteiger partial charge is 0.359 e. The number of allylic oxidation sites excluding steroid dienone is 2. The number of rotatable bonds is 37. The molecule has 1 unspecified atom stereocenters. The van der Waals surface area contributed by atoms with Crippen molar-refractivity contribution in [1.29, 1.82) is 0 Å². The summed E-state index contributed by atoms with van der Waals surface area (Å²) in [5, 5.41) is 0. The second-order valence-electron chi connectivity index (χ2n) is 29.6. The van der Waals surface area contributed by atoms with Crippen molar-refractivity contribution in [1.82, 2.24) is 4.98 Å². The number of hydrogen-bond donors (Lipinski definition) is 1. The van der Waals surface area contributed by atoms with Gasteiger partial charge in [0.25, 0.3) is 0 Å². The lowest BCUT2D eigenvalue weighted by atomic mass is 9.69. The Balaban J connectivity index is 1.01. The van der Waals surface area contributed by atoms with Crippen LogP contribution in [-0.2, 0) is 10.8 Å². The molecule has 3 aliphatic carbocycles.